The summed E-state index contributed by atoms with van der Waals surface area (Å²) in [5.41, 5.74) is 3.32. The third-order valence-corrected chi connectivity index (χ3v) is 4.45. The lowest BCUT2D eigenvalue weighted by Crippen LogP contribution is -2.05. The van der Waals surface area contributed by atoms with Gasteiger partial charge in [0.2, 0.25) is 5.82 Å². The minimum Gasteiger partial charge on any atom is -0.493 e. The van der Waals surface area contributed by atoms with Gasteiger partial charge in [0.25, 0.3) is 0 Å². The summed E-state index contributed by atoms with van der Waals surface area (Å²) < 4.78 is 6.62. The maximum Gasteiger partial charge on any atom is 0.311 e. The zero-order chi connectivity index (χ0) is 18.1. The molecule has 4 rings (SSSR count). The van der Waals surface area contributed by atoms with Gasteiger partial charge < -0.3 is 10.1 Å². The summed E-state index contributed by atoms with van der Waals surface area (Å²) in [6, 6.07) is 9.01. The first-order chi connectivity index (χ1) is 12.6. The minimum absolute atomic E-state index is 0.0895. The number of aryl methyl sites for hydroxylation is 2. The Morgan fingerprint density at radius 3 is 2.85 bits per heavy atom. The maximum absolute atomic E-state index is 11.4. The van der Waals surface area contributed by atoms with E-state index in [9.17, 15) is 10.1 Å². The fraction of sp³-hybridized carbons (Fsp3) is 0.222. The van der Waals surface area contributed by atoms with Crippen molar-refractivity contribution < 1.29 is 9.66 Å². The topological polar surface area (TPSA) is 95.1 Å². The fourth-order valence-corrected chi connectivity index (χ4v) is 3.13. The van der Waals surface area contributed by atoms with Crippen LogP contribution < -0.4 is 10.1 Å². The lowest BCUT2D eigenvalue weighted by Gasteiger charge is -2.10. The standard InChI is InChI=1S/C18H17N5O3/c1-26-15-10-19-22(11-15)17-8-7-16(23(24)25)18(21-17)20-14-6-5-12-3-2-4-13(12)9-14/h5-11H,2-4H2,1H3,(H,20,21). The lowest BCUT2D eigenvalue weighted by atomic mass is 10.1. The lowest BCUT2D eigenvalue weighted by molar-refractivity contribution is -0.384. The summed E-state index contributed by atoms with van der Waals surface area (Å²) in [6.45, 7) is 0. The van der Waals surface area contributed by atoms with Crippen LogP contribution in [0.5, 0.6) is 5.75 Å². The largest absolute Gasteiger partial charge is 0.493 e. The molecule has 8 nitrogen and oxygen atoms in total. The average Bonchev–Trinajstić information content (AvgIpc) is 3.30. The number of nitro groups is 1. The Labute approximate surface area is 149 Å². The first-order valence-corrected chi connectivity index (χ1v) is 8.27. The van der Waals surface area contributed by atoms with Crippen LogP contribution in [-0.4, -0.2) is 26.8 Å². The van der Waals surface area contributed by atoms with E-state index in [2.05, 4.69) is 21.5 Å². The van der Waals surface area contributed by atoms with Gasteiger partial charge in [0.05, 0.1) is 24.4 Å². The van der Waals surface area contributed by atoms with Crippen molar-refractivity contribution >= 4 is 17.2 Å². The van der Waals surface area contributed by atoms with E-state index < -0.39 is 4.92 Å². The van der Waals surface area contributed by atoms with E-state index in [-0.39, 0.29) is 11.5 Å². The zero-order valence-corrected chi connectivity index (χ0v) is 14.2. The van der Waals surface area contributed by atoms with Gasteiger partial charge in [-0.05, 0) is 48.6 Å². The third kappa shape index (κ3) is 2.97. The molecule has 1 aromatic carbocycles. The smallest absolute Gasteiger partial charge is 0.311 e. The number of ether oxygens (including phenoxy) is 1. The van der Waals surface area contributed by atoms with Gasteiger partial charge in [-0.1, -0.05) is 6.07 Å². The van der Waals surface area contributed by atoms with Crippen molar-refractivity contribution in [3.63, 3.8) is 0 Å². The quantitative estimate of drug-likeness (QED) is 0.559. The highest BCUT2D eigenvalue weighted by atomic mass is 16.6. The Morgan fingerprint density at radius 1 is 1.23 bits per heavy atom. The predicted octanol–water partition coefficient (Wildman–Crippen LogP) is 3.42. The van der Waals surface area contributed by atoms with Gasteiger partial charge in [-0.2, -0.15) is 5.10 Å². The normalized spacial score (nSPS) is 12.7. The van der Waals surface area contributed by atoms with Gasteiger partial charge in [-0.25, -0.2) is 9.67 Å². The molecule has 2 heterocycles. The Hall–Kier alpha value is -3.42. The highest BCUT2D eigenvalue weighted by molar-refractivity contribution is 5.67. The molecule has 0 atom stereocenters. The molecule has 1 aliphatic rings. The molecule has 0 aliphatic heterocycles. The number of fused-ring (bicyclic) bond motifs is 1. The number of hydrogen-bond acceptors (Lipinski definition) is 6. The molecule has 0 bridgehead atoms. The first-order valence-electron chi connectivity index (χ1n) is 8.27. The molecule has 0 fully saturated rings. The highest BCUT2D eigenvalue weighted by Gasteiger charge is 2.18. The van der Waals surface area contributed by atoms with Crippen LogP contribution in [0, 0.1) is 10.1 Å². The highest BCUT2D eigenvalue weighted by Crippen LogP contribution is 2.30. The molecule has 0 spiro atoms. The molecule has 0 saturated carbocycles. The molecule has 8 heteroatoms. The molecule has 1 N–H and O–H groups in total. The third-order valence-electron chi connectivity index (χ3n) is 4.45. The average molecular weight is 351 g/mol. The summed E-state index contributed by atoms with van der Waals surface area (Å²) in [4.78, 5) is 15.3. The van der Waals surface area contributed by atoms with Crippen LogP contribution in [0.3, 0.4) is 0 Å². The summed E-state index contributed by atoms with van der Waals surface area (Å²) >= 11 is 0. The van der Waals surface area contributed by atoms with Crippen molar-refractivity contribution in [2.75, 3.05) is 12.4 Å². The Bertz CT molecular complexity index is 983. The van der Waals surface area contributed by atoms with E-state index in [1.54, 1.807) is 25.6 Å². The van der Waals surface area contributed by atoms with Crippen molar-refractivity contribution in [3.05, 3.63) is 64.0 Å². The SMILES string of the molecule is COc1cnn(-c2ccc([N+](=O)[O-])c(Nc3ccc4c(c3)CCC4)n2)c1. The molecule has 3 aromatic rings. The second kappa shape index (κ2) is 6.47. The number of nitrogens with zero attached hydrogens (tertiary/aromatic N) is 4. The van der Waals surface area contributed by atoms with Gasteiger partial charge in [0, 0.05) is 11.8 Å². The number of rotatable bonds is 5. The Balaban J connectivity index is 1.70. The molecular weight excluding hydrogens is 334 g/mol. The van der Waals surface area contributed by atoms with Gasteiger partial charge >= 0.3 is 5.69 Å². The van der Waals surface area contributed by atoms with Gasteiger partial charge in [0.1, 0.15) is 0 Å². The molecule has 2 aromatic heterocycles. The molecular formula is C18H17N5O3. The van der Waals surface area contributed by atoms with Crippen LogP contribution in [0.1, 0.15) is 17.5 Å². The predicted molar refractivity (Wildman–Crippen MR) is 96.3 cm³/mol. The van der Waals surface area contributed by atoms with Crippen LogP contribution >= 0.6 is 0 Å². The van der Waals surface area contributed by atoms with E-state index in [1.807, 2.05) is 12.1 Å². The summed E-state index contributed by atoms with van der Waals surface area (Å²) in [7, 11) is 1.55. The number of hydrogen-bond donors (Lipinski definition) is 1. The number of benzene rings is 1. The number of nitrogens with one attached hydrogen (secondary N) is 1. The van der Waals surface area contributed by atoms with Crippen LogP contribution in [0.2, 0.25) is 0 Å². The van der Waals surface area contributed by atoms with Crippen LogP contribution in [-0.2, 0) is 12.8 Å². The number of aromatic nitrogens is 3. The van der Waals surface area contributed by atoms with E-state index in [0.717, 1.165) is 24.9 Å². The van der Waals surface area contributed by atoms with E-state index in [0.29, 0.717) is 11.6 Å². The molecule has 1 aliphatic carbocycles. The van der Waals surface area contributed by atoms with Crippen molar-refractivity contribution in [2.45, 2.75) is 19.3 Å². The van der Waals surface area contributed by atoms with Crippen molar-refractivity contribution in [1.82, 2.24) is 14.8 Å². The Kier molecular flexibility index (Phi) is 4.00. The maximum atomic E-state index is 11.4. The summed E-state index contributed by atoms with van der Waals surface area (Å²) in [5, 5.41) is 18.6. The second-order valence-corrected chi connectivity index (χ2v) is 6.08. The van der Waals surface area contributed by atoms with Crippen LogP contribution in [0.25, 0.3) is 5.82 Å². The molecule has 132 valence electrons. The van der Waals surface area contributed by atoms with Gasteiger partial charge in [0.15, 0.2) is 11.6 Å². The monoisotopic (exact) mass is 351 g/mol. The zero-order valence-electron chi connectivity index (χ0n) is 14.2. The first kappa shape index (κ1) is 16.1. The van der Waals surface area contributed by atoms with E-state index >= 15 is 0 Å². The molecule has 26 heavy (non-hydrogen) atoms. The van der Waals surface area contributed by atoms with Crippen LogP contribution in [0.4, 0.5) is 17.2 Å². The number of anilines is 2. The second-order valence-electron chi connectivity index (χ2n) is 6.08. The van der Waals surface area contributed by atoms with E-state index in [4.69, 9.17) is 4.74 Å². The van der Waals surface area contributed by atoms with Gasteiger partial charge in [-0.15, -0.1) is 0 Å². The Morgan fingerprint density at radius 2 is 2.08 bits per heavy atom. The molecule has 0 radical (unpaired) electrons. The molecule has 0 amide bonds. The van der Waals surface area contributed by atoms with E-state index in [1.165, 1.54) is 21.9 Å². The van der Waals surface area contributed by atoms with Crippen LogP contribution in [0.15, 0.2) is 42.7 Å². The van der Waals surface area contributed by atoms with Gasteiger partial charge in [-0.3, -0.25) is 10.1 Å². The fourth-order valence-electron chi connectivity index (χ4n) is 3.13. The number of pyridine rings is 1. The summed E-state index contributed by atoms with van der Waals surface area (Å²) in [5.74, 6) is 1.22. The number of methoxy groups -OCH3 is 1. The minimum atomic E-state index is -0.448. The molecule has 0 unspecified atom stereocenters. The van der Waals surface area contributed by atoms with Crippen molar-refractivity contribution in [3.8, 4) is 11.6 Å². The van der Waals surface area contributed by atoms with Crippen molar-refractivity contribution in [2.24, 2.45) is 0 Å². The van der Waals surface area contributed by atoms with Crippen molar-refractivity contribution in [1.29, 1.82) is 0 Å². The summed E-state index contributed by atoms with van der Waals surface area (Å²) in [6.07, 6.45) is 6.48. The molecule has 0 saturated heterocycles.